The molecule has 3 aromatic rings. The van der Waals surface area contributed by atoms with Crippen LogP contribution >= 0.6 is 0 Å². The summed E-state index contributed by atoms with van der Waals surface area (Å²) in [6.45, 7) is 3.29. The van der Waals surface area contributed by atoms with Crippen LogP contribution < -0.4 is 15.8 Å². The molecule has 1 atom stereocenters. The fourth-order valence-corrected chi connectivity index (χ4v) is 4.05. The van der Waals surface area contributed by atoms with Crippen LogP contribution in [0.1, 0.15) is 48.5 Å². The number of anilines is 1. The highest BCUT2D eigenvalue weighted by atomic mass is 16.5. The van der Waals surface area contributed by atoms with Crippen molar-refractivity contribution in [3.63, 3.8) is 0 Å². The van der Waals surface area contributed by atoms with Gasteiger partial charge in [0.25, 0.3) is 0 Å². The van der Waals surface area contributed by atoms with E-state index in [1.165, 1.54) is 5.56 Å². The first kappa shape index (κ1) is 26.4. The molecule has 0 aromatic heterocycles. The number of rotatable bonds is 16. The van der Waals surface area contributed by atoms with E-state index in [1.807, 2.05) is 60.7 Å². The molecule has 0 aliphatic carbocycles. The Morgan fingerprint density at radius 1 is 0.914 bits per heavy atom. The van der Waals surface area contributed by atoms with E-state index in [4.69, 9.17) is 10.5 Å². The Balaban J connectivity index is 1.66. The molecule has 0 spiro atoms. The smallest absolute Gasteiger partial charge is 0.211 e. The van der Waals surface area contributed by atoms with Crippen molar-refractivity contribution in [2.75, 3.05) is 25.0 Å². The first-order valence-electron chi connectivity index (χ1n) is 12.3. The number of hydrogen-bond donors (Lipinski definition) is 3. The Bertz CT molecular complexity index is 999. The maximum Gasteiger partial charge on any atom is 0.211 e. The van der Waals surface area contributed by atoms with Crippen LogP contribution in [0.15, 0.2) is 78.9 Å². The van der Waals surface area contributed by atoms with Crippen molar-refractivity contribution in [1.82, 2.24) is 4.90 Å². The van der Waals surface area contributed by atoms with Crippen LogP contribution in [0.4, 0.5) is 5.69 Å². The molecule has 0 bridgehead atoms. The van der Waals surface area contributed by atoms with Crippen molar-refractivity contribution in [2.24, 2.45) is 5.73 Å². The van der Waals surface area contributed by atoms with Crippen molar-refractivity contribution in [2.45, 2.75) is 44.9 Å². The van der Waals surface area contributed by atoms with E-state index in [0.29, 0.717) is 31.0 Å². The molecule has 1 amide bonds. The number of aliphatic hydroxyl groups excluding tert-OH is 1. The summed E-state index contributed by atoms with van der Waals surface area (Å²) >= 11 is 0. The van der Waals surface area contributed by atoms with Crippen LogP contribution in [0, 0.1) is 0 Å². The van der Waals surface area contributed by atoms with Crippen LogP contribution in [0.5, 0.6) is 5.75 Å². The molecule has 4 N–H and O–H groups in total. The summed E-state index contributed by atoms with van der Waals surface area (Å²) in [5.41, 5.74) is 9.16. The number of benzene rings is 3. The minimum absolute atomic E-state index is 0.394. The lowest BCUT2D eigenvalue weighted by Gasteiger charge is -2.26. The highest BCUT2D eigenvalue weighted by Crippen LogP contribution is 2.29. The van der Waals surface area contributed by atoms with E-state index in [9.17, 15) is 9.90 Å². The quantitative estimate of drug-likeness (QED) is 0.203. The van der Waals surface area contributed by atoms with Gasteiger partial charge in [-0.15, -0.1) is 0 Å². The number of amides is 1. The second-order valence-corrected chi connectivity index (χ2v) is 8.73. The van der Waals surface area contributed by atoms with Crippen molar-refractivity contribution < 1.29 is 14.6 Å². The first-order valence-corrected chi connectivity index (χ1v) is 12.3. The summed E-state index contributed by atoms with van der Waals surface area (Å²) in [6.07, 6.45) is 4.29. The van der Waals surface area contributed by atoms with Crippen molar-refractivity contribution in [3.8, 4) is 5.75 Å². The van der Waals surface area contributed by atoms with Crippen LogP contribution in [0.3, 0.4) is 0 Å². The third-order valence-corrected chi connectivity index (χ3v) is 5.95. The number of aliphatic hydroxyl groups is 1. The average Bonchev–Trinajstić information content (AvgIpc) is 2.89. The Kier molecular flexibility index (Phi) is 11.3. The largest absolute Gasteiger partial charge is 0.487 e. The Morgan fingerprint density at radius 3 is 2.29 bits per heavy atom. The molecule has 0 saturated heterocycles. The van der Waals surface area contributed by atoms with Gasteiger partial charge in [0.1, 0.15) is 12.4 Å². The molecule has 6 heteroatoms. The summed E-state index contributed by atoms with van der Waals surface area (Å²) in [5.74, 6) is 0.568. The van der Waals surface area contributed by atoms with Crippen molar-refractivity contribution in [3.05, 3.63) is 95.6 Å². The monoisotopic (exact) mass is 475 g/mol. The number of hydrogen-bond acceptors (Lipinski definition) is 5. The predicted molar refractivity (Wildman–Crippen MR) is 141 cm³/mol. The fraction of sp³-hybridized carbons (Fsp3) is 0.345. The SMILES string of the molecule is NCCCCCCN(Cc1ccccc1)CC(O)c1ccc(OCc2ccccc2)c(NC=O)c1. The maximum absolute atomic E-state index is 11.2. The van der Waals surface area contributed by atoms with E-state index in [-0.39, 0.29) is 0 Å². The van der Waals surface area contributed by atoms with Crippen LogP contribution in [0.2, 0.25) is 0 Å². The van der Waals surface area contributed by atoms with E-state index in [0.717, 1.165) is 56.4 Å². The van der Waals surface area contributed by atoms with Gasteiger partial charge in [0.05, 0.1) is 11.8 Å². The molecular weight excluding hydrogens is 438 g/mol. The van der Waals surface area contributed by atoms with Gasteiger partial charge in [0, 0.05) is 13.1 Å². The number of carbonyl (C=O) groups excluding carboxylic acids is 1. The standard InChI is InChI=1S/C29H37N3O3/c30-17-9-1-2-10-18-32(20-24-11-5-3-6-12-24)21-28(34)26-15-16-29(27(19-26)31-23-33)35-22-25-13-7-4-8-14-25/h3-8,11-16,19,23,28,34H,1-2,9-10,17-18,20-22,30H2,(H,31,33). The van der Waals surface area contributed by atoms with E-state index in [2.05, 4.69) is 22.3 Å². The molecular formula is C29H37N3O3. The molecule has 0 heterocycles. The first-order chi connectivity index (χ1) is 17.2. The van der Waals surface area contributed by atoms with Gasteiger partial charge in [-0.2, -0.15) is 0 Å². The molecule has 3 rings (SSSR count). The van der Waals surface area contributed by atoms with Crippen molar-refractivity contribution in [1.29, 1.82) is 0 Å². The lowest BCUT2D eigenvalue weighted by Crippen LogP contribution is -2.29. The molecule has 0 saturated carbocycles. The zero-order chi connectivity index (χ0) is 24.7. The third kappa shape index (κ3) is 9.17. The number of nitrogens with one attached hydrogen (secondary N) is 1. The number of nitrogens with two attached hydrogens (primary N) is 1. The molecule has 6 nitrogen and oxygen atoms in total. The molecule has 0 aliphatic heterocycles. The highest BCUT2D eigenvalue weighted by molar-refractivity contribution is 5.76. The summed E-state index contributed by atoms with van der Waals surface area (Å²) in [5, 5.41) is 13.8. The number of nitrogens with zero attached hydrogens (tertiary/aromatic N) is 1. The summed E-state index contributed by atoms with van der Waals surface area (Å²) in [6, 6.07) is 25.6. The molecule has 0 aliphatic rings. The average molecular weight is 476 g/mol. The summed E-state index contributed by atoms with van der Waals surface area (Å²) in [7, 11) is 0. The zero-order valence-corrected chi connectivity index (χ0v) is 20.3. The van der Waals surface area contributed by atoms with Gasteiger partial charge in [0.15, 0.2) is 0 Å². The molecule has 186 valence electrons. The van der Waals surface area contributed by atoms with Crippen molar-refractivity contribution >= 4 is 12.1 Å². The minimum Gasteiger partial charge on any atom is -0.487 e. The highest BCUT2D eigenvalue weighted by Gasteiger charge is 2.16. The number of ether oxygens (including phenoxy) is 1. The molecule has 35 heavy (non-hydrogen) atoms. The summed E-state index contributed by atoms with van der Waals surface area (Å²) in [4.78, 5) is 13.5. The van der Waals surface area contributed by atoms with Gasteiger partial charge >= 0.3 is 0 Å². The number of unbranched alkanes of at least 4 members (excludes halogenated alkanes) is 3. The number of carbonyl (C=O) groups is 1. The van der Waals surface area contributed by atoms with Crippen LogP contribution in [-0.2, 0) is 17.9 Å². The topological polar surface area (TPSA) is 87.8 Å². The second kappa shape index (κ2) is 14.9. The normalized spacial score (nSPS) is 11.9. The molecule has 0 radical (unpaired) electrons. The Morgan fingerprint density at radius 2 is 1.60 bits per heavy atom. The lowest BCUT2D eigenvalue weighted by molar-refractivity contribution is -0.105. The van der Waals surface area contributed by atoms with Crippen LogP contribution in [-0.4, -0.2) is 36.1 Å². The zero-order valence-electron chi connectivity index (χ0n) is 20.3. The van der Waals surface area contributed by atoms with Gasteiger partial charge in [-0.1, -0.05) is 79.6 Å². The van der Waals surface area contributed by atoms with Gasteiger partial charge < -0.3 is 20.9 Å². The van der Waals surface area contributed by atoms with E-state index < -0.39 is 6.10 Å². The third-order valence-electron chi connectivity index (χ3n) is 5.95. The fourth-order valence-electron chi connectivity index (χ4n) is 4.05. The van der Waals surface area contributed by atoms with Crippen LogP contribution in [0.25, 0.3) is 0 Å². The van der Waals surface area contributed by atoms with E-state index >= 15 is 0 Å². The van der Waals surface area contributed by atoms with Gasteiger partial charge in [-0.3, -0.25) is 9.69 Å². The summed E-state index contributed by atoms with van der Waals surface area (Å²) < 4.78 is 5.93. The Hall–Kier alpha value is -3.19. The van der Waals surface area contributed by atoms with Gasteiger partial charge in [-0.05, 0) is 54.8 Å². The molecule has 0 fully saturated rings. The molecule has 1 unspecified atom stereocenters. The molecule has 3 aromatic carbocycles. The minimum atomic E-state index is -0.696. The maximum atomic E-state index is 11.2. The van der Waals surface area contributed by atoms with Gasteiger partial charge in [0.2, 0.25) is 6.41 Å². The van der Waals surface area contributed by atoms with Gasteiger partial charge in [-0.25, -0.2) is 0 Å². The second-order valence-electron chi connectivity index (χ2n) is 8.73. The lowest BCUT2D eigenvalue weighted by atomic mass is 10.1. The predicted octanol–water partition coefficient (Wildman–Crippen LogP) is 4.89. The Labute approximate surface area is 208 Å². The van der Waals surface area contributed by atoms with E-state index in [1.54, 1.807) is 6.07 Å².